The lowest BCUT2D eigenvalue weighted by molar-refractivity contribution is 0.0684. The van der Waals surface area contributed by atoms with Crippen molar-refractivity contribution in [3.8, 4) is 6.07 Å². The molecule has 0 aromatic heterocycles. The van der Waals surface area contributed by atoms with Crippen LogP contribution in [0.4, 0.5) is 8.78 Å². The molecule has 0 fully saturated rings. The lowest BCUT2D eigenvalue weighted by Gasteiger charge is -2.08. The molecule has 0 unspecified atom stereocenters. The van der Waals surface area contributed by atoms with Gasteiger partial charge in [0.25, 0.3) is 6.43 Å². The van der Waals surface area contributed by atoms with Crippen LogP contribution in [-0.4, -0.2) is 11.1 Å². The van der Waals surface area contributed by atoms with Crippen molar-refractivity contribution in [2.45, 2.75) is 12.3 Å². The molecule has 1 rings (SSSR count). The van der Waals surface area contributed by atoms with Crippen molar-refractivity contribution in [2.24, 2.45) is 0 Å². The van der Waals surface area contributed by atoms with Gasteiger partial charge in [0.1, 0.15) is 0 Å². The van der Waals surface area contributed by atoms with Crippen molar-refractivity contribution in [3.63, 3.8) is 0 Å². The Morgan fingerprint density at radius 1 is 1.56 bits per heavy atom. The molecule has 0 amide bonds. The van der Waals surface area contributed by atoms with Crippen LogP contribution in [0.2, 0.25) is 0 Å². The maximum Gasteiger partial charge on any atom is 0.336 e. The molecule has 0 bridgehead atoms. The maximum absolute atomic E-state index is 12.6. The Hall–Kier alpha value is -1.67. The highest BCUT2D eigenvalue weighted by molar-refractivity contribution is 6.17. The molecule has 0 aliphatic rings. The van der Waals surface area contributed by atoms with E-state index in [4.69, 9.17) is 22.0 Å². The highest BCUT2D eigenvalue weighted by Crippen LogP contribution is 2.27. The van der Waals surface area contributed by atoms with Crippen LogP contribution >= 0.6 is 11.6 Å². The number of benzene rings is 1. The molecule has 1 aromatic rings. The van der Waals surface area contributed by atoms with E-state index in [1.807, 2.05) is 0 Å². The molecule has 0 aliphatic carbocycles. The first-order valence-corrected chi connectivity index (χ1v) is 4.69. The van der Waals surface area contributed by atoms with Crippen LogP contribution in [0.3, 0.4) is 0 Å². The molecule has 0 spiro atoms. The number of alkyl halides is 3. The zero-order valence-electron chi connectivity index (χ0n) is 7.88. The SMILES string of the molecule is N#Cc1cc(C(=O)O)c(C(F)F)cc1CCl. The number of nitriles is 1. The Kier molecular flexibility index (Phi) is 3.80. The second-order valence-electron chi connectivity index (χ2n) is 2.95. The number of carboxylic acid groups (broad SMARTS) is 1. The van der Waals surface area contributed by atoms with Crippen molar-refractivity contribution >= 4 is 17.6 Å². The number of carboxylic acids is 1. The van der Waals surface area contributed by atoms with E-state index in [1.54, 1.807) is 6.07 Å². The van der Waals surface area contributed by atoms with E-state index in [2.05, 4.69) is 0 Å². The van der Waals surface area contributed by atoms with Gasteiger partial charge in [-0.1, -0.05) is 0 Å². The largest absolute Gasteiger partial charge is 0.478 e. The highest BCUT2D eigenvalue weighted by Gasteiger charge is 2.20. The average molecular weight is 246 g/mol. The molecule has 1 N–H and O–H groups in total. The Morgan fingerprint density at radius 3 is 2.56 bits per heavy atom. The molecule has 3 nitrogen and oxygen atoms in total. The number of rotatable bonds is 3. The molecule has 16 heavy (non-hydrogen) atoms. The van der Waals surface area contributed by atoms with E-state index in [9.17, 15) is 13.6 Å². The van der Waals surface area contributed by atoms with Gasteiger partial charge < -0.3 is 5.11 Å². The summed E-state index contributed by atoms with van der Waals surface area (Å²) in [7, 11) is 0. The Bertz CT molecular complexity index is 469. The van der Waals surface area contributed by atoms with Gasteiger partial charge in [-0.15, -0.1) is 11.6 Å². The Labute approximate surface area is 94.9 Å². The Morgan fingerprint density at radius 2 is 2.19 bits per heavy atom. The van der Waals surface area contributed by atoms with Gasteiger partial charge >= 0.3 is 5.97 Å². The predicted octanol–water partition coefficient (Wildman–Crippen LogP) is 2.93. The van der Waals surface area contributed by atoms with Gasteiger partial charge in [-0.3, -0.25) is 0 Å². The first-order chi connectivity index (χ1) is 7.51. The lowest BCUT2D eigenvalue weighted by Crippen LogP contribution is -2.05. The molecule has 1 aromatic carbocycles. The molecule has 0 heterocycles. The molecule has 0 aliphatic heterocycles. The van der Waals surface area contributed by atoms with Gasteiger partial charge in [0.2, 0.25) is 0 Å². The highest BCUT2D eigenvalue weighted by atomic mass is 35.5. The number of nitrogens with zero attached hydrogens (tertiary/aromatic N) is 1. The standard InChI is InChI=1S/C10H6ClF2NO2/c11-3-5-1-7(9(12)13)8(10(15)16)2-6(5)4-14/h1-2,9H,3H2,(H,15,16). The Balaban J connectivity index is 3.49. The fourth-order valence-corrected chi connectivity index (χ4v) is 1.47. The quantitative estimate of drug-likeness (QED) is 0.833. The van der Waals surface area contributed by atoms with Crippen molar-refractivity contribution < 1.29 is 18.7 Å². The van der Waals surface area contributed by atoms with Crippen LogP contribution in [-0.2, 0) is 5.88 Å². The van der Waals surface area contributed by atoms with E-state index >= 15 is 0 Å². The summed E-state index contributed by atoms with van der Waals surface area (Å²) in [5.74, 6) is -1.62. The summed E-state index contributed by atoms with van der Waals surface area (Å²) in [6, 6.07) is 3.59. The summed E-state index contributed by atoms with van der Waals surface area (Å²) >= 11 is 5.48. The smallest absolute Gasteiger partial charge is 0.336 e. The minimum atomic E-state index is -2.92. The molecule has 0 saturated heterocycles. The first-order valence-electron chi connectivity index (χ1n) is 4.15. The van der Waals surface area contributed by atoms with Gasteiger partial charge in [0.15, 0.2) is 0 Å². The van der Waals surface area contributed by atoms with E-state index in [0.29, 0.717) is 0 Å². The molecular weight excluding hydrogens is 240 g/mol. The number of hydrogen-bond donors (Lipinski definition) is 1. The van der Waals surface area contributed by atoms with Gasteiger partial charge in [-0.2, -0.15) is 5.26 Å². The topological polar surface area (TPSA) is 61.1 Å². The minimum absolute atomic E-state index is 0.00296. The molecule has 0 atom stereocenters. The van der Waals surface area contributed by atoms with E-state index < -0.39 is 23.5 Å². The molecular formula is C10H6ClF2NO2. The summed E-state index contributed by atoms with van der Waals surface area (Å²) in [6.45, 7) is 0. The van der Waals surface area contributed by atoms with Crippen LogP contribution in [0, 0.1) is 11.3 Å². The van der Waals surface area contributed by atoms with Gasteiger partial charge in [-0.25, -0.2) is 13.6 Å². The number of hydrogen-bond acceptors (Lipinski definition) is 2. The summed E-state index contributed by atoms with van der Waals surface area (Å²) in [5, 5.41) is 17.4. The van der Waals surface area contributed by atoms with Crippen molar-refractivity contribution in [1.29, 1.82) is 5.26 Å². The normalized spacial score (nSPS) is 10.2. The number of carbonyl (C=O) groups is 1. The second-order valence-corrected chi connectivity index (χ2v) is 3.22. The van der Waals surface area contributed by atoms with E-state index in [-0.39, 0.29) is 17.0 Å². The lowest BCUT2D eigenvalue weighted by atomic mass is 10.00. The predicted molar refractivity (Wildman–Crippen MR) is 52.6 cm³/mol. The fraction of sp³-hybridized carbons (Fsp3) is 0.200. The zero-order chi connectivity index (χ0) is 12.3. The van der Waals surface area contributed by atoms with E-state index in [1.165, 1.54) is 0 Å². The van der Waals surface area contributed by atoms with Gasteiger partial charge in [0.05, 0.1) is 17.2 Å². The fourth-order valence-electron chi connectivity index (χ4n) is 1.24. The molecule has 84 valence electrons. The van der Waals surface area contributed by atoms with Crippen LogP contribution in [0.25, 0.3) is 0 Å². The number of aromatic carboxylic acids is 1. The molecule has 0 radical (unpaired) electrons. The van der Waals surface area contributed by atoms with Crippen LogP contribution in [0.1, 0.15) is 33.5 Å². The van der Waals surface area contributed by atoms with Crippen LogP contribution < -0.4 is 0 Å². The first kappa shape index (κ1) is 12.4. The van der Waals surface area contributed by atoms with Gasteiger partial charge in [-0.05, 0) is 17.7 Å². The third-order valence-electron chi connectivity index (χ3n) is 2.01. The average Bonchev–Trinajstić information content (AvgIpc) is 2.26. The maximum atomic E-state index is 12.6. The van der Waals surface area contributed by atoms with Gasteiger partial charge in [0, 0.05) is 11.4 Å². The molecule has 0 saturated carbocycles. The van der Waals surface area contributed by atoms with Crippen LogP contribution in [0.5, 0.6) is 0 Å². The van der Waals surface area contributed by atoms with Crippen LogP contribution in [0.15, 0.2) is 12.1 Å². The van der Waals surface area contributed by atoms with E-state index in [0.717, 1.165) is 12.1 Å². The summed E-state index contributed by atoms with van der Waals surface area (Å²) in [6.07, 6.45) is -2.92. The third-order valence-corrected chi connectivity index (χ3v) is 2.29. The second kappa shape index (κ2) is 4.90. The van der Waals surface area contributed by atoms with Crippen molar-refractivity contribution in [2.75, 3.05) is 0 Å². The van der Waals surface area contributed by atoms with Crippen molar-refractivity contribution in [3.05, 3.63) is 34.4 Å². The summed E-state index contributed by atoms with van der Waals surface area (Å²) in [4.78, 5) is 10.7. The van der Waals surface area contributed by atoms with Crippen molar-refractivity contribution in [1.82, 2.24) is 0 Å². The zero-order valence-corrected chi connectivity index (χ0v) is 8.63. The summed E-state index contributed by atoms with van der Waals surface area (Å²) in [5.41, 5.74) is -0.996. The summed E-state index contributed by atoms with van der Waals surface area (Å²) < 4.78 is 25.1. The monoisotopic (exact) mass is 245 g/mol. The minimum Gasteiger partial charge on any atom is -0.478 e. The number of halogens is 3. The third kappa shape index (κ3) is 2.28. The molecule has 6 heteroatoms.